The van der Waals surface area contributed by atoms with Crippen LogP contribution in [-0.4, -0.2) is 16.1 Å². The number of carbonyl (C=O) groups is 1. The van der Waals surface area contributed by atoms with Gasteiger partial charge in [-0.05, 0) is 30.7 Å². The maximum Gasteiger partial charge on any atom is 0.261 e. The number of nitrogens with zero attached hydrogens (tertiary/aromatic N) is 2. The fraction of sp³-hybridized carbons (Fsp3) is 0.250. The number of ether oxygens (including phenoxy) is 1. The summed E-state index contributed by atoms with van der Waals surface area (Å²) in [6.07, 6.45) is 4.33. The molecule has 0 aliphatic carbocycles. The lowest BCUT2D eigenvalue weighted by Crippen LogP contribution is -2.12. The highest BCUT2D eigenvalue weighted by Crippen LogP contribution is 2.26. The minimum atomic E-state index is -0.257. The number of carbonyl (C=O) groups excluding carboxylic acids is 1. The van der Waals surface area contributed by atoms with Crippen molar-refractivity contribution in [2.75, 3.05) is 5.32 Å². The fourth-order valence-electron chi connectivity index (χ4n) is 2.45. The van der Waals surface area contributed by atoms with E-state index in [1.165, 1.54) is 24.2 Å². The molecule has 3 aromatic rings. The minimum absolute atomic E-state index is 0.257. The van der Waals surface area contributed by atoms with E-state index in [9.17, 15) is 4.79 Å². The molecule has 0 bridgehead atoms. The van der Waals surface area contributed by atoms with Crippen molar-refractivity contribution in [3.8, 4) is 11.5 Å². The number of benzene rings is 2. The molecule has 0 spiro atoms. The van der Waals surface area contributed by atoms with Crippen molar-refractivity contribution in [3.05, 3.63) is 65.2 Å². The van der Waals surface area contributed by atoms with Gasteiger partial charge in [0.15, 0.2) is 0 Å². The van der Waals surface area contributed by atoms with E-state index in [2.05, 4.69) is 22.4 Å². The van der Waals surface area contributed by atoms with Gasteiger partial charge in [-0.15, -0.1) is 10.2 Å². The Morgan fingerprint density at radius 1 is 1.04 bits per heavy atom. The van der Waals surface area contributed by atoms with Crippen molar-refractivity contribution in [3.63, 3.8) is 0 Å². The molecule has 2 aromatic carbocycles. The van der Waals surface area contributed by atoms with Crippen LogP contribution in [0.3, 0.4) is 0 Å². The summed E-state index contributed by atoms with van der Waals surface area (Å²) in [6.45, 7) is 2.17. The first-order valence-electron chi connectivity index (χ1n) is 8.72. The molecular weight excluding hydrogens is 346 g/mol. The van der Waals surface area contributed by atoms with Crippen molar-refractivity contribution >= 4 is 22.4 Å². The van der Waals surface area contributed by atoms with Gasteiger partial charge in [-0.25, -0.2) is 0 Å². The number of hydrogen-bond donors (Lipinski definition) is 1. The van der Waals surface area contributed by atoms with Gasteiger partial charge in [-0.3, -0.25) is 10.1 Å². The lowest BCUT2D eigenvalue weighted by Gasteiger charge is -2.10. The summed E-state index contributed by atoms with van der Waals surface area (Å²) in [4.78, 5) is 12.6. The molecule has 134 valence electrons. The van der Waals surface area contributed by atoms with Crippen LogP contribution in [0, 0.1) is 0 Å². The number of unbranched alkanes of at least 4 members (excludes halogenated alkanes) is 2. The Morgan fingerprint density at radius 2 is 1.81 bits per heavy atom. The summed E-state index contributed by atoms with van der Waals surface area (Å²) < 4.78 is 5.85. The molecule has 0 aliphatic heterocycles. The Kier molecular flexibility index (Phi) is 6.33. The van der Waals surface area contributed by atoms with Crippen molar-refractivity contribution in [2.24, 2.45) is 0 Å². The van der Waals surface area contributed by atoms with Gasteiger partial charge in [0, 0.05) is 6.42 Å². The van der Waals surface area contributed by atoms with Crippen LogP contribution in [0.2, 0.25) is 0 Å². The van der Waals surface area contributed by atoms with E-state index in [0.717, 1.165) is 17.8 Å². The molecule has 1 N–H and O–H groups in total. The number of amides is 1. The van der Waals surface area contributed by atoms with Gasteiger partial charge in [0.25, 0.3) is 5.91 Å². The number of aryl methyl sites for hydroxylation is 1. The fourth-order valence-corrected chi connectivity index (χ4v) is 3.23. The first-order valence-corrected chi connectivity index (χ1v) is 9.53. The molecule has 0 atom stereocenters. The highest BCUT2D eigenvalue weighted by atomic mass is 32.1. The Balaban J connectivity index is 1.68. The molecule has 6 heteroatoms. The van der Waals surface area contributed by atoms with Crippen LogP contribution in [0.4, 0.5) is 5.13 Å². The Morgan fingerprint density at radius 3 is 2.62 bits per heavy atom. The molecule has 0 fully saturated rings. The van der Waals surface area contributed by atoms with Gasteiger partial charge in [0.1, 0.15) is 16.5 Å². The summed E-state index contributed by atoms with van der Waals surface area (Å²) in [6, 6.07) is 16.5. The number of para-hydroxylation sites is 2. The SMILES string of the molecule is CCCCCc1nnc(NC(=O)c2ccccc2Oc2ccccc2)s1. The minimum Gasteiger partial charge on any atom is -0.457 e. The van der Waals surface area contributed by atoms with E-state index >= 15 is 0 Å². The first-order chi connectivity index (χ1) is 12.8. The van der Waals surface area contributed by atoms with E-state index in [1.54, 1.807) is 12.1 Å². The second-order valence-corrected chi connectivity index (χ2v) is 6.89. The van der Waals surface area contributed by atoms with E-state index in [-0.39, 0.29) is 5.91 Å². The summed E-state index contributed by atoms with van der Waals surface area (Å²) in [7, 11) is 0. The van der Waals surface area contributed by atoms with Gasteiger partial charge < -0.3 is 4.74 Å². The topological polar surface area (TPSA) is 64.1 Å². The predicted octanol–water partition coefficient (Wildman–Crippen LogP) is 5.32. The van der Waals surface area contributed by atoms with Gasteiger partial charge in [0.2, 0.25) is 5.13 Å². The van der Waals surface area contributed by atoms with Crippen molar-refractivity contribution in [2.45, 2.75) is 32.6 Å². The summed E-state index contributed by atoms with van der Waals surface area (Å²) >= 11 is 1.42. The molecule has 0 radical (unpaired) electrons. The highest BCUT2D eigenvalue weighted by Gasteiger charge is 2.15. The zero-order valence-corrected chi connectivity index (χ0v) is 15.5. The largest absolute Gasteiger partial charge is 0.457 e. The monoisotopic (exact) mass is 367 g/mol. The third-order valence-electron chi connectivity index (χ3n) is 3.78. The second-order valence-electron chi connectivity index (χ2n) is 5.82. The van der Waals surface area contributed by atoms with Gasteiger partial charge in [-0.2, -0.15) is 0 Å². The first kappa shape index (κ1) is 18.1. The van der Waals surface area contributed by atoms with Crippen LogP contribution in [-0.2, 0) is 6.42 Å². The molecule has 26 heavy (non-hydrogen) atoms. The van der Waals surface area contributed by atoms with Crippen LogP contribution in [0.5, 0.6) is 11.5 Å². The molecule has 0 aliphatic rings. The van der Waals surface area contributed by atoms with E-state index < -0.39 is 0 Å². The predicted molar refractivity (Wildman–Crippen MR) is 104 cm³/mol. The lowest BCUT2D eigenvalue weighted by atomic mass is 10.2. The van der Waals surface area contributed by atoms with Crippen molar-refractivity contribution in [1.82, 2.24) is 10.2 Å². The van der Waals surface area contributed by atoms with Crippen LogP contribution in [0.25, 0.3) is 0 Å². The van der Waals surface area contributed by atoms with E-state index in [0.29, 0.717) is 22.2 Å². The Bertz CT molecular complexity index is 849. The maximum absolute atomic E-state index is 12.6. The number of hydrogen-bond acceptors (Lipinski definition) is 5. The molecule has 0 saturated carbocycles. The molecule has 1 amide bonds. The molecule has 0 saturated heterocycles. The smallest absolute Gasteiger partial charge is 0.261 e. The summed E-state index contributed by atoms with van der Waals surface area (Å²) in [5.74, 6) is 0.929. The van der Waals surface area contributed by atoms with Gasteiger partial charge in [-0.1, -0.05) is 61.4 Å². The van der Waals surface area contributed by atoms with Crippen LogP contribution >= 0.6 is 11.3 Å². The summed E-state index contributed by atoms with van der Waals surface area (Å²) in [5.41, 5.74) is 0.457. The highest BCUT2D eigenvalue weighted by molar-refractivity contribution is 7.15. The number of anilines is 1. The number of aromatic nitrogens is 2. The third kappa shape index (κ3) is 4.89. The van der Waals surface area contributed by atoms with E-state index in [1.807, 2.05) is 42.5 Å². The zero-order chi connectivity index (χ0) is 18.2. The van der Waals surface area contributed by atoms with E-state index in [4.69, 9.17) is 4.74 Å². The average molecular weight is 367 g/mol. The molecule has 3 rings (SSSR count). The molecule has 1 aromatic heterocycles. The van der Waals surface area contributed by atoms with Gasteiger partial charge >= 0.3 is 0 Å². The summed E-state index contributed by atoms with van der Waals surface area (Å²) in [5, 5.41) is 12.5. The number of rotatable bonds is 8. The number of nitrogens with one attached hydrogen (secondary N) is 1. The Labute approximate surface area is 157 Å². The van der Waals surface area contributed by atoms with Gasteiger partial charge in [0.05, 0.1) is 5.56 Å². The van der Waals surface area contributed by atoms with Crippen molar-refractivity contribution in [1.29, 1.82) is 0 Å². The molecule has 0 unspecified atom stereocenters. The standard InChI is InChI=1S/C20H21N3O2S/c1-2-3-5-14-18-22-23-20(26-18)21-19(24)16-12-8-9-13-17(16)25-15-10-6-4-7-11-15/h4,6-13H,2-3,5,14H2,1H3,(H,21,23,24). The van der Waals surface area contributed by atoms with Crippen LogP contribution in [0.15, 0.2) is 54.6 Å². The second kappa shape index (κ2) is 9.10. The lowest BCUT2D eigenvalue weighted by molar-refractivity contribution is 0.102. The Hall–Kier alpha value is -2.73. The normalized spacial score (nSPS) is 10.5. The molecule has 5 nitrogen and oxygen atoms in total. The molecular formula is C20H21N3O2S. The molecule has 1 heterocycles. The van der Waals surface area contributed by atoms with Crippen LogP contribution < -0.4 is 10.1 Å². The third-order valence-corrected chi connectivity index (χ3v) is 4.68. The quantitative estimate of drug-likeness (QED) is 0.548. The van der Waals surface area contributed by atoms with Crippen molar-refractivity contribution < 1.29 is 9.53 Å². The van der Waals surface area contributed by atoms with Crippen LogP contribution in [0.1, 0.15) is 41.6 Å². The average Bonchev–Trinajstić information content (AvgIpc) is 3.10. The maximum atomic E-state index is 12.6. The zero-order valence-electron chi connectivity index (χ0n) is 14.6.